The molecule has 0 bridgehead atoms. The predicted octanol–water partition coefficient (Wildman–Crippen LogP) is 3.61. The highest BCUT2D eigenvalue weighted by molar-refractivity contribution is 6.01. The molecular formula is C19H17FN4O2. The van der Waals surface area contributed by atoms with Crippen molar-refractivity contribution < 1.29 is 13.6 Å². The van der Waals surface area contributed by atoms with Crippen molar-refractivity contribution in [3.63, 3.8) is 0 Å². The maximum atomic E-state index is 14.6. The van der Waals surface area contributed by atoms with E-state index in [9.17, 15) is 9.18 Å². The van der Waals surface area contributed by atoms with Crippen molar-refractivity contribution >= 4 is 28.3 Å². The van der Waals surface area contributed by atoms with Crippen molar-refractivity contribution in [2.45, 2.75) is 13.3 Å². The Morgan fingerprint density at radius 1 is 1.35 bits per heavy atom. The number of carbonyl (C=O) groups excluding carboxylic acids is 1. The minimum Gasteiger partial charge on any atom is -0.464 e. The number of hydrogen-bond acceptors (Lipinski definition) is 4. The Morgan fingerprint density at radius 2 is 2.19 bits per heavy atom. The standard InChI is InChI=1S/C19H17FN4O2/c1-2-8-22-19(25)15-17(21)24-9-3-4-12(18(24)23-15)14-13(20)6-5-11-7-10-26-16(11)14/h3-7,9-10H,2,8,21H2,1H3,(H,22,25). The number of furan rings is 1. The molecule has 0 aliphatic rings. The second kappa shape index (κ2) is 6.18. The van der Waals surface area contributed by atoms with E-state index >= 15 is 0 Å². The van der Waals surface area contributed by atoms with Crippen molar-refractivity contribution in [2.24, 2.45) is 0 Å². The summed E-state index contributed by atoms with van der Waals surface area (Å²) >= 11 is 0. The number of aromatic nitrogens is 2. The van der Waals surface area contributed by atoms with Gasteiger partial charge in [-0.05, 0) is 36.8 Å². The quantitative estimate of drug-likeness (QED) is 0.587. The molecule has 0 radical (unpaired) electrons. The van der Waals surface area contributed by atoms with Crippen LogP contribution in [0.1, 0.15) is 23.8 Å². The molecule has 3 N–H and O–H groups in total. The third-order valence-electron chi connectivity index (χ3n) is 4.28. The Hall–Kier alpha value is -3.35. The maximum absolute atomic E-state index is 14.6. The number of imidazole rings is 1. The highest BCUT2D eigenvalue weighted by Gasteiger charge is 2.21. The highest BCUT2D eigenvalue weighted by atomic mass is 19.1. The average molecular weight is 352 g/mol. The summed E-state index contributed by atoms with van der Waals surface area (Å²) in [5, 5.41) is 3.54. The Morgan fingerprint density at radius 3 is 3.00 bits per heavy atom. The van der Waals surface area contributed by atoms with Crippen molar-refractivity contribution in [3.05, 3.63) is 54.3 Å². The maximum Gasteiger partial charge on any atom is 0.273 e. The fraction of sp³-hybridized carbons (Fsp3) is 0.158. The van der Waals surface area contributed by atoms with Crippen LogP contribution in [-0.4, -0.2) is 21.8 Å². The van der Waals surface area contributed by atoms with Crippen LogP contribution in [-0.2, 0) is 0 Å². The minimum atomic E-state index is -0.431. The molecular weight excluding hydrogens is 335 g/mol. The molecule has 4 rings (SSSR count). The number of hydrogen-bond donors (Lipinski definition) is 2. The zero-order valence-corrected chi connectivity index (χ0v) is 14.1. The molecule has 0 saturated heterocycles. The molecule has 1 amide bonds. The van der Waals surface area contributed by atoms with E-state index in [0.717, 1.165) is 11.8 Å². The third kappa shape index (κ3) is 2.40. The summed E-state index contributed by atoms with van der Waals surface area (Å²) in [6, 6.07) is 8.27. The van der Waals surface area contributed by atoms with Crippen LogP contribution in [0.5, 0.6) is 0 Å². The molecule has 26 heavy (non-hydrogen) atoms. The van der Waals surface area contributed by atoms with Crippen LogP contribution < -0.4 is 11.1 Å². The third-order valence-corrected chi connectivity index (χ3v) is 4.28. The zero-order chi connectivity index (χ0) is 18.3. The topological polar surface area (TPSA) is 85.6 Å². The summed E-state index contributed by atoms with van der Waals surface area (Å²) in [6.07, 6.45) is 4.01. The van der Waals surface area contributed by atoms with E-state index in [2.05, 4.69) is 10.3 Å². The number of halogens is 1. The van der Waals surface area contributed by atoms with E-state index < -0.39 is 5.82 Å². The zero-order valence-electron chi connectivity index (χ0n) is 14.1. The monoisotopic (exact) mass is 352 g/mol. The lowest BCUT2D eigenvalue weighted by Crippen LogP contribution is -2.25. The number of fused-ring (bicyclic) bond motifs is 2. The Bertz CT molecular complexity index is 1130. The van der Waals surface area contributed by atoms with Gasteiger partial charge >= 0.3 is 0 Å². The SMILES string of the molecule is CCCNC(=O)c1nc2c(-c3c(F)ccc4ccoc34)cccn2c1N. The number of amides is 1. The molecule has 132 valence electrons. The van der Waals surface area contributed by atoms with Gasteiger partial charge in [0.05, 0.1) is 11.8 Å². The lowest BCUT2D eigenvalue weighted by Gasteiger charge is -2.06. The summed E-state index contributed by atoms with van der Waals surface area (Å²) in [5.74, 6) is -0.572. The van der Waals surface area contributed by atoms with Gasteiger partial charge in [0.25, 0.3) is 5.91 Å². The summed E-state index contributed by atoms with van der Waals surface area (Å²) < 4.78 is 21.7. The molecule has 0 aliphatic carbocycles. The first kappa shape index (κ1) is 16.1. The van der Waals surface area contributed by atoms with Gasteiger partial charge < -0.3 is 15.5 Å². The lowest BCUT2D eigenvalue weighted by atomic mass is 10.0. The van der Waals surface area contributed by atoms with Crippen LogP contribution in [0.3, 0.4) is 0 Å². The summed E-state index contributed by atoms with van der Waals surface area (Å²) in [7, 11) is 0. The molecule has 0 unspecified atom stereocenters. The number of benzene rings is 1. The molecule has 0 fully saturated rings. The molecule has 4 aromatic rings. The largest absolute Gasteiger partial charge is 0.464 e. The van der Waals surface area contributed by atoms with Crippen LogP contribution in [0.25, 0.3) is 27.7 Å². The van der Waals surface area contributed by atoms with Crippen LogP contribution in [0, 0.1) is 5.82 Å². The summed E-state index contributed by atoms with van der Waals surface area (Å²) in [4.78, 5) is 16.7. The van der Waals surface area contributed by atoms with Gasteiger partial charge in [0, 0.05) is 23.7 Å². The average Bonchev–Trinajstić information content (AvgIpc) is 3.24. The molecule has 1 aromatic carbocycles. The fourth-order valence-electron chi connectivity index (χ4n) is 3.03. The van der Waals surface area contributed by atoms with E-state index in [1.54, 1.807) is 34.9 Å². The van der Waals surface area contributed by atoms with Gasteiger partial charge in [-0.3, -0.25) is 9.20 Å². The van der Waals surface area contributed by atoms with Gasteiger partial charge in [-0.25, -0.2) is 9.37 Å². The number of nitrogens with one attached hydrogen (secondary N) is 1. The van der Waals surface area contributed by atoms with Crippen molar-refractivity contribution in [2.75, 3.05) is 12.3 Å². The molecule has 0 aliphatic heterocycles. The smallest absolute Gasteiger partial charge is 0.273 e. The predicted molar refractivity (Wildman–Crippen MR) is 97.4 cm³/mol. The van der Waals surface area contributed by atoms with Crippen LogP contribution in [0.4, 0.5) is 10.2 Å². The summed E-state index contributed by atoms with van der Waals surface area (Å²) in [6.45, 7) is 2.48. The van der Waals surface area contributed by atoms with Gasteiger partial charge in [-0.1, -0.05) is 6.92 Å². The van der Waals surface area contributed by atoms with Crippen molar-refractivity contribution in [3.8, 4) is 11.1 Å². The van der Waals surface area contributed by atoms with Gasteiger partial charge in [0.15, 0.2) is 5.69 Å². The highest BCUT2D eigenvalue weighted by Crippen LogP contribution is 2.35. The second-order valence-electron chi connectivity index (χ2n) is 5.98. The number of nitrogens with two attached hydrogens (primary N) is 1. The van der Waals surface area contributed by atoms with E-state index in [1.165, 1.54) is 12.3 Å². The normalized spacial score (nSPS) is 11.3. The Labute approximate surface area is 148 Å². The number of rotatable bonds is 4. The minimum absolute atomic E-state index is 0.123. The van der Waals surface area contributed by atoms with E-state index in [1.807, 2.05) is 6.92 Å². The van der Waals surface area contributed by atoms with Crippen LogP contribution >= 0.6 is 0 Å². The van der Waals surface area contributed by atoms with Crippen molar-refractivity contribution in [1.82, 2.24) is 14.7 Å². The van der Waals surface area contributed by atoms with E-state index in [-0.39, 0.29) is 17.4 Å². The van der Waals surface area contributed by atoms with Gasteiger partial charge in [-0.2, -0.15) is 0 Å². The fourth-order valence-corrected chi connectivity index (χ4v) is 3.03. The van der Waals surface area contributed by atoms with Gasteiger partial charge in [0.2, 0.25) is 0 Å². The molecule has 3 aromatic heterocycles. The van der Waals surface area contributed by atoms with Crippen LogP contribution in [0.2, 0.25) is 0 Å². The molecule has 0 atom stereocenters. The molecule has 0 spiro atoms. The molecule has 6 nitrogen and oxygen atoms in total. The van der Waals surface area contributed by atoms with E-state index in [0.29, 0.717) is 28.9 Å². The van der Waals surface area contributed by atoms with Gasteiger partial charge in [0.1, 0.15) is 22.9 Å². The summed E-state index contributed by atoms with van der Waals surface area (Å²) in [5.41, 5.74) is 7.86. The number of anilines is 1. The first-order chi connectivity index (χ1) is 12.6. The Balaban J connectivity index is 1.95. The number of nitrogens with zero attached hydrogens (tertiary/aromatic N) is 2. The number of carbonyl (C=O) groups is 1. The number of pyridine rings is 1. The molecule has 0 saturated carbocycles. The lowest BCUT2D eigenvalue weighted by molar-refractivity contribution is 0.0950. The number of nitrogen functional groups attached to an aromatic ring is 1. The molecule has 3 heterocycles. The Kier molecular flexibility index (Phi) is 3.84. The van der Waals surface area contributed by atoms with E-state index in [4.69, 9.17) is 10.2 Å². The van der Waals surface area contributed by atoms with Crippen LogP contribution in [0.15, 0.2) is 47.2 Å². The first-order valence-corrected chi connectivity index (χ1v) is 8.32. The first-order valence-electron chi connectivity index (χ1n) is 8.32. The second-order valence-corrected chi connectivity index (χ2v) is 5.98. The molecule has 7 heteroatoms. The van der Waals surface area contributed by atoms with Gasteiger partial charge in [-0.15, -0.1) is 0 Å². The van der Waals surface area contributed by atoms with Crippen molar-refractivity contribution in [1.29, 1.82) is 0 Å².